The average Bonchev–Trinajstić information content (AvgIpc) is 2.82. The third-order valence-corrected chi connectivity index (χ3v) is 5.30. The van der Waals surface area contributed by atoms with Crippen LogP contribution in [0.4, 0.5) is 5.13 Å². The molecule has 106 valence electrons. The average molecular weight is 300 g/mol. The molecule has 0 aromatic carbocycles. The molecule has 1 heterocycles. The van der Waals surface area contributed by atoms with Crippen molar-refractivity contribution in [3.63, 3.8) is 0 Å². The number of aromatic nitrogens is 2. The van der Waals surface area contributed by atoms with Crippen LogP contribution < -0.4 is 11.1 Å². The Bertz CT molecular complexity index is 418. The van der Waals surface area contributed by atoms with Gasteiger partial charge >= 0.3 is 0 Å². The van der Waals surface area contributed by atoms with Gasteiger partial charge in [-0.3, -0.25) is 4.79 Å². The molecule has 3 N–H and O–H groups in total. The topological polar surface area (TPSA) is 80.9 Å². The van der Waals surface area contributed by atoms with Crippen LogP contribution in [0.25, 0.3) is 0 Å². The van der Waals surface area contributed by atoms with Gasteiger partial charge in [-0.25, -0.2) is 0 Å². The smallest absolute Gasteiger partial charge is 0.233 e. The summed E-state index contributed by atoms with van der Waals surface area (Å²) in [4.78, 5) is 12.0. The number of carbonyl (C=O) groups excluding carboxylic acids is 1. The number of carbonyl (C=O) groups is 1. The molecule has 0 saturated heterocycles. The number of nitrogens with one attached hydrogen (secondary N) is 1. The molecule has 1 aliphatic rings. The van der Waals surface area contributed by atoms with E-state index < -0.39 is 0 Å². The summed E-state index contributed by atoms with van der Waals surface area (Å²) in [6, 6.07) is 0. The van der Waals surface area contributed by atoms with E-state index in [1.807, 2.05) is 6.92 Å². The normalized spacial score (nSPS) is 18.2. The summed E-state index contributed by atoms with van der Waals surface area (Å²) in [5.41, 5.74) is 5.52. The quantitative estimate of drug-likeness (QED) is 0.816. The lowest BCUT2D eigenvalue weighted by Gasteiger charge is -2.22. The molecule has 1 fully saturated rings. The lowest BCUT2D eigenvalue weighted by molar-refractivity contribution is -0.120. The summed E-state index contributed by atoms with van der Waals surface area (Å²) >= 11 is 2.73. The van der Waals surface area contributed by atoms with E-state index in [-0.39, 0.29) is 11.2 Å². The van der Waals surface area contributed by atoms with Crippen LogP contribution in [-0.4, -0.2) is 27.9 Å². The van der Waals surface area contributed by atoms with E-state index in [1.165, 1.54) is 55.2 Å². The van der Waals surface area contributed by atoms with Crippen LogP contribution in [0.1, 0.15) is 39.0 Å². The third-order valence-electron chi connectivity index (χ3n) is 3.36. The first-order valence-corrected chi connectivity index (χ1v) is 8.38. The molecule has 2 rings (SSSR count). The van der Waals surface area contributed by atoms with Gasteiger partial charge in [-0.05, 0) is 25.7 Å². The second-order valence-corrected chi connectivity index (χ2v) is 7.51. The van der Waals surface area contributed by atoms with Crippen molar-refractivity contribution in [3.05, 3.63) is 0 Å². The molecular weight excluding hydrogens is 280 g/mol. The fourth-order valence-corrected chi connectivity index (χ4v) is 4.06. The number of nitrogens with zero attached hydrogens (tertiary/aromatic N) is 2. The number of thioether (sulfide) groups is 1. The molecule has 1 amide bonds. The maximum Gasteiger partial charge on any atom is 0.233 e. The summed E-state index contributed by atoms with van der Waals surface area (Å²) in [6.45, 7) is 2.69. The highest BCUT2D eigenvalue weighted by molar-refractivity contribution is 8.02. The van der Waals surface area contributed by atoms with Gasteiger partial charge in [-0.2, -0.15) is 0 Å². The van der Waals surface area contributed by atoms with Crippen LogP contribution in [0.5, 0.6) is 0 Å². The highest BCUT2D eigenvalue weighted by Gasteiger charge is 2.19. The first-order valence-electron chi connectivity index (χ1n) is 6.68. The van der Waals surface area contributed by atoms with Crippen LogP contribution in [0.15, 0.2) is 4.34 Å². The highest BCUT2D eigenvalue weighted by Crippen LogP contribution is 2.27. The number of hydrogen-bond acceptors (Lipinski definition) is 6. The van der Waals surface area contributed by atoms with Gasteiger partial charge < -0.3 is 11.1 Å². The number of amides is 1. The molecule has 5 nitrogen and oxygen atoms in total. The minimum atomic E-state index is -0.157. The van der Waals surface area contributed by atoms with Crippen LogP contribution in [0, 0.1) is 5.92 Å². The number of rotatable bonds is 5. The highest BCUT2D eigenvalue weighted by atomic mass is 32.2. The van der Waals surface area contributed by atoms with Crippen LogP contribution in [0.2, 0.25) is 0 Å². The zero-order valence-corrected chi connectivity index (χ0v) is 12.7. The van der Waals surface area contributed by atoms with Crippen molar-refractivity contribution < 1.29 is 4.79 Å². The van der Waals surface area contributed by atoms with E-state index in [0.29, 0.717) is 11.0 Å². The van der Waals surface area contributed by atoms with E-state index in [2.05, 4.69) is 15.5 Å². The third kappa shape index (κ3) is 4.65. The molecule has 1 atom stereocenters. The first kappa shape index (κ1) is 14.6. The van der Waals surface area contributed by atoms with Crippen LogP contribution >= 0.6 is 23.1 Å². The Kier molecular flexibility index (Phi) is 5.45. The Morgan fingerprint density at radius 2 is 2.21 bits per heavy atom. The molecule has 0 bridgehead atoms. The van der Waals surface area contributed by atoms with Crippen molar-refractivity contribution in [2.24, 2.45) is 5.92 Å². The first-order chi connectivity index (χ1) is 9.15. The van der Waals surface area contributed by atoms with Gasteiger partial charge in [0.05, 0.1) is 5.25 Å². The SMILES string of the molecule is C[C@H](Sc1nnc(N)s1)C(=O)NCC1CCCCC1. The maximum atomic E-state index is 12.0. The zero-order valence-electron chi connectivity index (χ0n) is 11.1. The van der Waals surface area contributed by atoms with Gasteiger partial charge in [0, 0.05) is 6.54 Å². The van der Waals surface area contributed by atoms with E-state index >= 15 is 0 Å². The molecule has 1 aromatic rings. The molecule has 0 radical (unpaired) electrons. The summed E-state index contributed by atoms with van der Waals surface area (Å²) in [5.74, 6) is 0.733. The summed E-state index contributed by atoms with van der Waals surface area (Å²) in [5, 5.41) is 11.0. The predicted octanol–water partition coefficient (Wildman–Crippen LogP) is 2.30. The Labute approximate surface area is 121 Å². The number of anilines is 1. The standard InChI is InChI=1S/C12H20N4OS2/c1-8(18-12-16-15-11(13)19-12)10(17)14-7-9-5-3-2-4-6-9/h8-9H,2-7H2,1H3,(H2,13,15)(H,14,17)/t8-/m0/s1. The van der Waals surface area contributed by atoms with Gasteiger partial charge in [-0.15, -0.1) is 10.2 Å². The van der Waals surface area contributed by atoms with Gasteiger partial charge in [-0.1, -0.05) is 42.4 Å². The zero-order chi connectivity index (χ0) is 13.7. The van der Waals surface area contributed by atoms with Crippen molar-refractivity contribution in [1.82, 2.24) is 15.5 Å². The van der Waals surface area contributed by atoms with Crippen molar-refractivity contribution in [2.75, 3.05) is 12.3 Å². The largest absolute Gasteiger partial charge is 0.374 e. The number of nitrogens with two attached hydrogens (primary N) is 1. The Morgan fingerprint density at radius 1 is 1.47 bits per heavy atom. The molecule has 0 unspecified atom stereocenters. The molecule has 0 aliphatic heterocycles. The second-order valence-electron chi connectivity index (χ2n) is 4.92. The molecule has 1 aromatic heterocycles. The summed E-state index contributed by atoms with van der Waals surface area (Å²) in [7, 11) is 0. The number of nitrogen functional groups attached to an aromatic ring is 1. The van der Waals surface area contributed by atoms with Crippen molar-refractivity contribution in [3.8, 4) is 0 Å². The molecule has 1 aliphatic carbocycles. The van der Waals surface area contributed by atoms with E-state index in [1.54, 1.807) is 0 Å². The van der Waals surface area contributed by atoms with Gasteiger partial charge in [0.15, 0.2) is 4.34 Å². The van der Waals surface area contributed by atoms with Crippen molar-refractivity contribution in [2.45, 2.75) is 48.6 Å². The monoisotopic (exact) mass is 300 g/mol. The Morgan fingerprint density at radius 3 is 2.84 bits per heavy atom. The lowest BCUT2D eigenvalue weighted by atomic mass is 9.89. The molecule has 0 spiro atoms. The van der Waals surface area contributed by atoms with E-state index in [4.69, 9.17) is 5.73 Å². The second kappa shape index (κ2) is 7.09. The van der Waals surface area contributed by atoms with Gasteiger partial charge in [0.25, 0.3) is 0 Å². The van der Waals surface area contributed by atoms with E-state index in [0.717, 1.165) is 10.9 Å². The number of hydrogen-bond donors (Lipinski definition) is 2. The molecule has 1 saturated carbocycles. The predicted molar refractivity (Wildman–Crippen MR) is 79.2 cm³/mol. The van der Waals surface area contributed by atoms with Crippen molar-refractivity contribution >= 4 is 34.1 Å². The summed E-state index contributed by atoms with van der Waals surface area (Å²) in [6.07, 6.45) is 6.43. The van der Waals surface area contributed by atoms with E-state index in [9.17, 15) is 4.79 Å². The minimum Gasteiger partial charge on any atom is -0.374 e. The van der Waals surface area contributed by atoms with Gasteiger partial charge in [0.2, 0.25) is 11.0 Å². The van der Waals surface area contributed by atoms with Crippen LogP contribution in [0.3, 0.4) is 0 Å². The maximum absolute atomic E-state index is 12.0. The molecule has 7 heteroatoms. The lowest BCUT2D eigenvalue weighted by Crippen LogP contribution is -2.35. The van der Waals surface area contributed by atoms with Gasteiger partial charge in [0.1, 0.15) is 0 Å². The Balaban J connectivity index is 1.72. The molecular formula is C12H20N4OS2. The van der Waals surface area contributed by atoms with Crippen LogP contribution in [-0.2, 0) is 4.79 Å². The fraction of sp³-hybridized carbons (Fsp3) is 0.750. The minimum absolute atomic E-state index is 0.0735. The Hall–Kier alpha value is -0.820. The molecule has 19 heavy (non-hydrogen) atoms. The summed E-state index contributed by atoms with van der Waals surface area (Å²) < 4.78 is 0.748. The fourth-order valence-electron chi connectivity index (χ4n) is 2.25. The van der Waals surface area contributed by atoms with Crippen molar-refractivity contribution in [1.29, 1.82) is 0 Å².